The van der Waals surface area contributed by atoms with Gasteiger partial charge in [-0.05, 0) is 65.7 Å². The molecule has 3 heterocycles. The molecule has 0 spiro atoms. The Morgan fingerprint density at radius 2 is 1.93 bits per heavy atom. The van der Waals surface area contributed by atoms with Crippen LogP contribution in [0.2, 0.25) is 0 Å². The Morgan fingerprint density at radius 1 is 1.17 bits per heavy atom. The number of aromatic nitrogens is 3. The van der Waals surface area contributed by atoms with Gasteiger partial charge >= 0.3 is 6.09 Å². The maximum absolute atomic E-state index is 12.8. The van der Waals surface area contributed by atoms with Crippen molar-refractivity contribution in [3.05, 3.63) is 23.0 Å². The SMILES string of the molecule is CN(C)c1c2c(nc3cc(C4CCCCN4C(=O)OC(C)(C)C)nn13)CCCC2. The summed E-state index contributed by atoms with van der Waals surface area (Å²) in [5.74, 6) is 1.12. The van der Waals surface area contributed by atoms with Crippen molar-refractivity contribution in [1.29, 1.82) is 0 Å². The van der Waals surface area contributed by atoms with Gasteiger partial charge in [-0.3, -0.25) is 4.90 Å². The number of amides is 1. The number of nitrogens with zero attached hydrogens (tertiary/aromatic N) is 5. The summed E-state index contributed by atoms with van der Waals surface area (Å²) in [4.78, 5) is 21.8. The lowest BCUT2D eigenvalue weighted by Gasteiger charge is -2.35. The lowest BCUT2D eigenvalue weighted by atomic mass is 9.96. The van der Waals surface area contributed by atoms with Gasteiger partial charge in [-0.1, -0.05) is 0 Å². The third-order valence-corrected chi connectivity index (χ3v) is 5.76. The van der Waals surface area contributed by atoms with Gasteiger partial charge in [-0.25, -0.2) is 9.78 Å². The zero-order valence-corrected chi connectivity index (χ0v) is 18.4. The smallest absolute Gasteiger partial charge is 0.410 e. The van der Waals surface area contributed by atoms with E-state index in [1.54, 1.807) is 0 Å². The first-order chi connectivity index (χ1) is 13.7. The third kappa shape index (κ3) is 3.91. The minimum absolute atomic E-state index is 0.0626. The molecule has 29 heavy (non-hydrogen) atoms. The average molecular weight is 400 g/mol. The normalized spacial score (nSPS) is 19.9. The van der Waals surface area contributed by atoms with E-state index in [1.807, 2.05) is 30.2 Å². The standard InChI is InChI=1S/C22H33N5O2/c1-22(2,3)29-21(28)26-13-9-8-12-18(26)17-14-19-23-16-11-7-6-10-15(16)20(25(4)5)27(19)24-17/h14,18H,6-13H2,1-5H3. The molecule has 2 aliphatic rings. The molecule has 1 saturated heterocycles. The van der Waals surface area contributed by atoms with E-state index in [-0.39, 0.29) is 12.1 Å². The summed E-state index contributed by atoms with van der Waals surface area (Å²) in [5, 5.41) is 4.96. The lowest BCUT2D eigenvalue weighted by Crippen LogP contribution is -2.42. The molecule has 1 atom stereocenters. The summed E-state index contributed by atoms with van der Waals surface area (Å²) in [7, 11) is 4.14. The van der Waals surface area contributed by atoms with Gasteiger partial charge in [0.05, 0.1) is 11.7 Å². The number of hydrogen-bond acceptors (Lipinski definition) is 5. The van der Waals surface area contributed by atoms with Gasteiger partial charge in [0.1, 0.15) is 11.4 Å². The molecule has 158 valence electrons. The van der Waals surface area contributed by atoms with Crippen molar-refractivity contribution < 1.29 is 9.53 Å². The highest BCUT2D eigenvalue weighted by atomic mass is 16.6. The van der Waals surface area contributed by atoms with E-state index in [4.69, 9.17) is 14.8 Å². The van der Waals surface area contributed by atoms with Crippen LogP contribution in [0, 0.1) is 0 Å². The Balaban J connectivity index is 1.74. The molecule has 4 rings (SSSR count). The molecule has 1 aliphatic heterocycles. The summed E-state index contributed by atoms with van der Waals surface area (Å²) in [6, 6.07) is 2.00. The molecule has 0 aromatic carbocycles. The van der Waals surface area contributed by atoms with E-state index in [0.717, 1.165) is 49.3 Å². The van der Waals surface area contributed by atoms with E-state index in [2.05, 4.69) is 25.1 Å². The van der Waals surface area contributed by atoms with Crippen LogP contribution in [0.4, 0.5) is 10.6 Å². The van der Waals surface area contributed by atoms with Crippen molar-refractivity contribution >= 4 is 17.6 Å². The number of fused-ring (bicyclic) bond motifs is 2. The number of carbonyl (C=O) groups is 1. The monoisotopic (exact) mass is 399 g/mol. The summed E-state index contributed by atoms with van der Waals surface area (Å²) in [6.45, 7) is 6.43. The lowest BCUT2D eigenvalue weighted by molar-refractivity contribution is 0.00898. The van der Waals surface area contributed by atoms with Gasteiger partial charge in [-0.15, -0.1) is 0 Å². The maximum atomic E-state index is 12.8. The average Bonchev–Trinajstić information content (AvgIpc) is 3.07. The van der Waals surface area contributed by atoms with Gasteiger partial charge in [0.15, 0.2) is 5.65 Å². The topological polar surface area (TPSA) is 63.0 Å². The molecular formula is C22H33N5O2. The summed E-state index contributed by atoms with van der Waals surface area (Å²) in [6.07, 6.45) is 7.21. The van der Waals surface area contributed by atoms with Crippen molar-refractivity contribution in [2.75, 3.05) is 25.5 Å². The van der Waals surface area contributed by atoms with E-state index in [9.17, 15) is 4.79 Å². The molecule has 2 aromatic rings. The number of carbonyl (C=O) groups excluding carboxylic acids is 1. The van der Waals surface area contributed by atoms with Crippen molar-refractivity contribution in [1.82, 2.24) is 19.5 Å². The van der Waals surface area contributed by atoms with Crippen LogP contribution in [-0.4, -0.2) is 51.8 Å². The molecule has 1 amide bonds. The molecule has 2 aromatic heterocycles. The fourth-order valence-electron chi connectivity index (χ4n) is 4.54. The van der Waals surface area contributed by atoms with Gasteiger partial charge in [0, 0.05) is 38.0 Å². The second-order valence-corrected chi connectivity index (χ2v) is 9.49. The van der Waals surface area contributed by atoms with Crippen LogP contribution >= 0.6 is 0 Å². The highest BCUT2D eigenvalue weighted by molar-refractivity contribution is 5.69. The van der Waals surface area contributed by atoms with Crippen LogP contribution in [-0.2, 0) is 17.6 Å². The number of rotatable bonds is 2. The Morgan fingerprint density at radius 3 is 2.66 bits per heavy atom. The number of ether oxygens (including phenoxy) is 1. The van der Waals surface area contributed by atoms with Gasteiger partial charge in [0.25, 0.3) is 0 Å². The summed E-state index contributed by atoms with van der Waals surface area (Å²) in [5.41, 5.74) is 3.80. The molecule has 7 nitrogen and oxygen atoms in total. The molecule has 0 saturated carbocycles. The van der Waals surface area contributed by atoms with Crippen molar-refractivity contribution in [3.8, 4) is 0 Å². The van der Waals surface area contributed by atoms with Crippen LogP contribution in [0.3, 0.4) is 0 Å². The fraction of sp³-hybridized carbons (Fsp3) is 0.682. The van der Waals surface area contributed by atoms with Gasteiger partial charge in [0.2, 0.25) is 0 Å². The zero-order valence-electron chi connectivity index (χ0n) is 18.4. The van der Waals surface area contributed by atoms with Gasteiger partial charge in [-0.2, -0.15) is 9.61 Å². The number of likely N-dealkylation sites (tertiary alicyclic amines) is 1. The summed E-state index contributed by atoms with van der Waals surface area (Å²) >= 11 is 0. The number of aryl methyl sites for hydroxylation is 1. The number of hydrogen-bond donors (Lipinski definition) is 0. The van der Waals surface area contributed by atoms with E-state index < -0.39 is 5.60 Å². The van der Waals surface area contributed by atoms with Gasteiger partial charge < -0.3 is 9.64 Å². The van der Waals surface area contributed by atoms with Crippen LogP contribution < -0.4 is 4.90 Å². The molecule has 0 N–H and O–H groups in total. The first-order valence-electron chi connectivity index (χ1n) is 10.8. The van der Waals surface area contributed by atoms with Crippen LogP contribution in [0.15, 0.2) is 6.07 Å². The molecule has 1 aliphatic carbocycles. The molecule has 1 fully saturated rings. The predicted molar refractivity (Wildman–Crippen MR) is 113 cm³/mol. The Kier molecular flexibility index (Phi) is 5.17. The van der Waals surface area contributed by atoms with Crippen LogP contribution in [0.25, 0.3) is 5.65 Å². The number of piperidine rings is 1. The van der Waals surface area contributed by atoms with Crippen molar-refractivity contribution in [3.63, 3.8) is 0 Å². The number of anilines is 1. The van der Waals surface area contributed by atoms with E-state index in [0.29, 0.717) is 6.54 Å². The predicted octanol–water partition coefficient (Wildman–Crippen LogP) is 4.14. The van der Waals surface area contributed by atoms with E-state index >= 15 is 0 Å². The first kappa shape index (κ1) is 20.0. The van der Waals surface area contributed by atoms with E-state index in [1.165, 1.54) is 24.1 Å². The minimum Gasteiger partial charge on any atom is -0.444 e. The second-order valence-electron chi connectivity index (χ2n) is 9.49. The Hall–Kier alpha value is -2.31. The largest absolute Gasteiger partial charge is 0.444 e. The van der Waals surface area contributed by atoms with Crippen LogP contribution in [0.1, 0.15) is 75.9 Å². The molecule has 1 unspecified atom stereocenters. The molecule has 7 heteroatoms. The Bertz CT molecular complexity index is 912. The van der Waals surface area contributed by atoms with Crippen LogP contribution in [0.5, 0.6) is 0 Å². The maximum Gasteiger partial charge on any atom is 0.410 e. The zero-order chi connectivity index (χ0) is 20.8. The Labute approximate surface area is 173 Å². The minimum atomic E-state index is -0.503. The molecule has 0 radical (unpaired) electrons. The molecule has 0 bridgehead atoms. The highest BCUT2D eigenvalue weighted by Gasteiger charge is 2.33. The van der Waals surface area contributed by atoms with Crippen molar-refractivity contribution in [2.45, 2.75) is 77.4 Å². The quantitative estimate of drug-likeness (QED) is 0.760. The fourth-order valence-corrected chi connectivity index (χ4v) is 4.54. The third-order valence-electron chi connectivity index (χ3n) is 5.76. The highest BCUT2D eigenvalue weighted by Crippen LogP contribution is 2.34. The summed E-state index contributed by atoms with van der Waals surface area (Å²) < 4.78 is 7.65. The van der Waals surface area contributed by atoms with Crippen molar-refractivity contribution in [2.24, 2.45) is 0 Å². The first-order valence-corrected chi connectivity index (χ1v) is 10.8. The second kappa shape index (κ2) is 7.50. The molecular weight excluding hydrogens is 366 g/mol.